The zero-order valence-electron chi connectivity index (χ0n) is 15.4. The summed E-state index contributed by atoms with van der Waals surface area (Å²) < 4.78 is 11.5. The van der Waals surface area contributed by atoms with Crippen molar-refractivity contribution in [2.75, 3.05) is 26.3 Å². The largest absolute Gasteiger partial charge is 0.465 e. The summed E-state index contributed by atoms with van der Waals surface area (Å²) >= 11 is 0. The first-order valence-corrected chi connectivity index (χ1v) is 10.5. The molecular weight excluding hydrogens is 332 g/mol. The van der Waals surface area contributed by atoms with Crippen molar-refractivity contribution in [2.45, 2.75) is 57.0 Å². The second kappa shape index (κ2) is 6.48. The molecule has 0 amide bonds. The van der Waals surface area contributed by atoms with Gasteiger partial charge in [0.2, 0.25) is 0 Å². The van der Waals surface area contributed by atoms with Crippen LogP contribution in [-0.2, 0) is 19.1 Å². The molecule has 3 aliphatic carbocycles. The molecule has 2 N–H and O–H groups in total. The van der Waals surface area contributed by atoms with E-state index in [2.05, 4.69) is 10.6 Å². The highest BCUT2D eigenvalue weighted by Crippen LogP contribution is 2.43. The number of esters is 2. The molecule has 0 aromatic heterocycles. The third kappa shape index (κ3) is 2.76. The maximum Gasteiger partial charge on any atom is 0.310 e. The lowest BCUT2D eigenvalue weighted by molar-refractivity contribution is -0.166. The van der Waals surface area contributed by atoms with E-state index in [1.807, 2.05) is 0 Å². The molecule has 4 saturated heterocycles. The molecule has 0 spiro atoms. The lowest BCUT2D eigenvalue weighted by Gasteiger charge is -2.39. The van der Waals surface area contributed by atoms with E-state index < -0.39 is 0 Å². The number of hydrogen-bond donors (Lipinski definition) is 2. The minimum Gasteiger partial charge on any atom is -0.465 e. The maximum atomic E-state index is 12.5. The Bertz CT molecular complexity index is 516. The molecule has 0 aromatic rings. The Kier molecular flexibility index (Phi) is 4.24. The van der Waals surface area contributed by atoms with Gasteiger partial charge in [-0.15, -0.1) is 0 Å². The van der Waals surface area contributed by atoms with Crippen LogP contribution in [0.1, 0.15) is 44.9 Å². The lowest BCUT2D eigenvalue weighted by atomic mass is 9.73. The third-order valence-electron chi connectivity index (χ3n) is 7.78. The minimum absolute atomic E-state index is 0.0474. The van der Waals surface area contributed by atoms with Crippen LogP contribution in [0.5, 0.6) is 0 Å². The number of carbonyl (C=O) groups excluding carboxylic acids is 2. The highest BCUT2D eigenvalue weighted by atomic mass is 16.5. The van der Waals surface area contributed by atoms with E-state index in [-0.39, 0.29) is 29.2 Å². The quantitative estimate of drug-likeness (QED) is 0.693. The molecule has 6 heteroatoms. The number of hydrogen-bond acceptors (Lipinski definition) is 6. The van der Waals surface area contributed by atoms with Crippen LogP contribution in [0.3, 0.4) is 0 Å². The predicted molar refractivity (Wildman–Crippen MR) is 94.2 cm³/mol. The van der Waals surface area contributed by atoms with Crippen molar-refractivity contribution in [2.24, 2.45) is 29.1 Å². The van der Waals surface area contributed by atoms with E-state index in [9.17, 15) is 9.59 Å². The van der Waals surface area contributed by atoms with Crippen molar-refractivity contribution >= 4 is 11.9 Å². The Morgan fingerprint density at radius 1 is 0.808 bits per heavy atom. The molecule has 6 atom stereocenters. The van der Waals surface area contributed by atoms with Crippen molar-refractivity contribution in [1.29, 1.82) is 0 Å². The van der Waals surface area contributed by atoms with Crippen LogP contribution in [0.25, 0.3) is 0 Å². The van der Waals surface area contributed by atoms with Crippen LogP contribution >= 0.6 is 0 Å². The Hall–Kier alpha value is -1.14. The molecule has 7 rings (SSSR count). The van der Waals surface area contributed by atoms with E-state index in [1.165, 1.54) is 6.42 Å². The normalized spacial score (nSPS) is 41.8. The second-order valence-corrected chi connectivity index (χ2v) is 9.35. The lowest BCUT2D eigenvalue weighted by Crippen LogP contribution is -2.46. The van der Waals surface area contributed by atoms with Gasteiger partial charge in [-0.3, -0.25) is 9.59 Å². The van der Waals surface area contributed by atoms with Gasteiger partial charge in [0.1, 0.15) is 13.2 Å². The number of nitrogens with one attached hydrogen (secondary N) is 2. The van der Waals surface area contributed by atoms with Gasteiger partial charge in [0.15, 0.2) is 0 Å². The first-order chi connectivity index (χ1) is 12.7. The monoisotopic (exact) mass is 362 g/mol. The molecule has 4 bridgehead atoms. The van der Waals surface area contributed by atoms with E-state index >= 15 is 0 Å². The summed E-state index contributed by atoms with van der Waals surface area (Å²) in [6, 6.07) is 0.656. The molecule has 0 radical (unpaired) electrons. The highest BCUT2D eigenvalue weighted by molar-refractivity contribution is 5.76. The van der Waals surface area contributed by atoms with Crippen molar-refractivity contribution in [3.8, 4) is 0 Å². The molecule has 4 heterocycles. The number of carbonyl (C=O) groups is 2. The molecule has 144 valence electrons. The molecule has 6 unspecified atom stereocenters. The topological polar surface area (TPSA) is 76.7 Å². The molecular formula is C20H30N2O4. The molecule has 6 nitrogen and oxygen atoms in total. The van der Waals surface area contributed by atoms with Gasteiger partial charge in [-0.1, -0.05) is 19.3 Å². The summed E-state index contributed by atoms with van der Waals surface area (Å²) in [4.78, 5) is 25.0. The summed E-state index contributed by atoms with van der Waals surface area (Å²) in [5.74, 6) is 0.940. The van der Waals surface area contributed by atoms with Gasteiger partial charge < -0.3 is 20.1 Å². The number of fused-ring (bicyclic) bond motifs is 2. The SMILES string of the molecule is O=C(OCC1(COC(=O)C2C3CNC2C3)CCCCC1)C1C2CNC1C2. The fraction of sp³-hybridized carbons (Fsp3) is 0.900. The van der Waals surface area contributed by atoms with Crippen molar-refractivity contribution in [3.05, 3.63) is 0 Å². The van der Waals surface area contributed by atoms with Gasteiger partial charge in [0.05, 0.1) is 11.8 Å². The zero-order valence-corrected chi connectivity index (χ0v) is 15.4. The smallest absolute Gasteiger partial charge is 0.310 e. The van der Waals surface area contributed by atoms with Crippen LogP contribution in [0.15, 0.2) is 0 Å². The van der Waals surface area contributed by atoms with E-state index in [1.54, 1.807) is 0 Å². The van der Waals surface area contributed by atoms with E-state index in [0.717, 1.165) is 51.6 Å². The standard InChI is InChI=1S/C20H30N2O4/c23-18(16-12-6-14(16)21-8-12)25-10-20(4-2-1-3-5-20)11-26-19(24)17-13-7-15(17)22-9-13/h12-17,21-22H,1-11H2. The van der Waals surface area contributed by atoms with Gasteiger partial charge in [0.25, 0.3) is 0 Å². The van der Waals surface area contributed by atoms with Crippen molar-refractivity contribution in [1.82, 2.24) is 10.6 Å². The summed E-state index contributed by atoms with van der Waals surface area (Å²) in [5.41, 5.74) is -0.171. The molecule has 26 heavy (non-hydrogen) atoms. The summed E-state index contributed by atoms with van der Waals surface area (Å²) in [6.07, 6.45) is 7.67. The average Bonchev–Trinajstić information content (AvgIpc) is 3.40. The highest BCUT2D eigenvalue weighted by Gasteiger charge is 2.53. The number of ether oxygens (including phenoxy) is 2. The van der Waals surface area contributed by atoms with Crippen molar-refractivity contribution in [3.63, 3.8) is 0 Å². The molecule has 0 aromatic carbocycles. The van der Waals surface area contributed by atoms with Crippen LogP contribution in [-0.4, -0.2) is 50.3 Å². The summed E-state index contributed by atoms with van der Waals surface area (Å²) in [7, 11) is 0. The first kappa shape index (κ1) is 17.0. The Labute approximate surface area is 154 Å². The van der Waals surface area contributed by atoms with Crippen LogP contribution in [0.4, 0.5) is 0 Å². The van der Waals surface area contributed by atoms with E-state index in [0.29, 0.717) is 37.1 Å². The summed E-state index contributed by atoms with van der Waals surface area (Å²) in [6.45, 7) is 2.71. The zero-order chi connectivity index (χ0) is 17.7. The Morgan fingerprint density at radius 2 is 1.31 bits per heavy atom. The fourth-order valence-electron chi connectivity index (χ4n) is 5.94. The van der Waals surface area contributed by atoms with Crippen LogP contribution in [0.2, 0.25) is 0 Å². The Balaban J connectivity index is 1.16. The van der Waals surface area contributed by atoms with Gasteiger partial charge in [-0.25, -0.2) is 0 Å². The average molecular weight is 362 g/mol. The predicted octanol–water partition coefficient (Wildman–Crippen LogP) is 1.24. The Morgan fingerprint density at radius 3 is 1.69 bits per heavy atom. The second-order valence-electron chi connectivity index (χ2n) is 9.35. The molecule has 7 fully saturated rings. The van der Waals surface area contributed by atoms with E-state index in [4.69, 9.17) is 9.47 Å². The van der Waals surface area contributed by atoms with Gasteiger partial charge in [-0.2, -0.15) is 0 Å². The fourth-order valence-corrected chi connectivity index (χ4v) is 5.94. The van der Waals surface area contributed by atoms with Gasteiger partial charge >= 0.3 is 11.9 Å². The maximum absolute atomic E-state index is 12.5. The minimum atomic E-state index is -0.171. The van der Waals surface area contributed by atoms with Gasteiger partial charge in [0, 0.05) is 17.5 Å². The van der Waals surface area contributed by atoms with Crippen LogP contribution < -0.4 is 10.6 Å². The third-order valence-corrected chi connectivity index (χ3v) is 7.78. The molecule has 4 aliphatic heterocycles. The first-order valence-electron chi connectivity index (χ1n) is 10.5. The van der Waals surface area contributed by atoms with Crippen molar-refractivity contribution < 1.29 is 19.1 Å². The molecule has 3 saturated carbocycles. The van der Waals surface area contributed by atoms with Gasteiger partial charge in [-0.05, 0) is 50.6 Å². The number of rotatable bonds is 6. The molecule has 7 aliphatic rings. The summed E-state index contributed by atoms with van der Waals surface area (Å²) in [5, 5.41) is 6.75. The van der Waals surface area contributed by atoms with Crippen LogP contribution in [0, 0.1) is 29.1 Å².